The second-order valence-electron chi connectivity index (χ2n) is 4.23. The molecule has 2 N–H and O–H groups in total. The number of nitrogens with one attached hydrogen (secondary N) is 1. The van der Waals surface area contributed by atoms with Crippen LogP contribution in [0.25, 0.3) is 0 Å². The third-order valence-electron chi connectivity index (χ3n) is 2.54. The van der Waals surface area contributed by atoms with Gasteiger partial charge < -0.3 is 5.11 Å². The van der Waals surface area contributed by atoms with Crippen molar-refractivity contribution in [2.75, 3.05) is 6.61 Å². The van der Waals surface area contributed by atoms with Crippen LogP contribution in [0.3, 0.4) is 0 Å². The average Bonchev–Trinajstić information content (AvgIpc) is 2.24. The first-order valence-electron chi connectivity index (χ1n) is 5.60. The fourth-order valence-corrected chi connectivity index (χ4v) is 3.12. The lowest BCUT2D eigenvalue weighted by Crippen LogP contribution is -2.36. The zero-order valence-electron chi connectivity index (χ0n) is 10.4. The normalized spacial score (nSPS) is 13.6. The van der Waals surface area contributed by atoms with E-state index in [-0.39, 0.29) is 11.5 Å². The molecule has 1 atom stereocenters. The van der Waals surface area contributed by atoms with Crippen molar-refractivity contribution < 1.29 is 13.5 Å². The standard InChI is InChI=1S/C12H19NO3S/c1-4-11(8-14)13-17(15,16)12-6-9(2)5-10(3)7-12/h5-7,11,13-14H,4,8H2,1-3H3/t11-/m1/s1. The quantitative estimate of drug-likeness (QED) is 0.837. The summed E-state index contributed by atoms with van der Waals surface area (Å²) in [5.41, 5.74) is 1.81. The van der Waals surface area contributed by atoms with Crippen molar-refractivity contribution in [1.82, 2.24) is 4.72 Å². The third kappa shape index (κ3) is 3.80. The van der Waals surface area contributed by atoms with E-state index < -0.39 is 16.1 Å². The summed E-state index contributed by atoms with van der Waals surface area (Å²) in [5, 5.41) is 9.02. The van der Waals surface area contributed by atoms with E-state index in [0.717, 1.165) is 11.1 Å². The number of benzene rings is 1. The summed E-state index contributed by atoms with van der Waals surface area (Å²) < 4.78 is 26.6. The largest absolute Gasteiger partial charge is 0.395 e. The number of aryl methyl sites for hydroxylation is 2. The van der Waals surface area contributed by atoms with Crippen molar-refractivity contribution in [2.24, 2.45) is 0 Å². The average molecular weight is 257 g/mol. The molecule has 0 bridgehead atoms. The van der Waals surface area contributed by atoms with Gasteiger partial charge in [0.25, 0.3) is 0 Å². The maximum atomic E-state index is 12.0. The Kier molecular flexibility index (Phi) is 4.68. The SMILES string of the molecule is CC[C@H](CO)NS(=O)(=O)c1cc(C)cc(C)c1. The Labute approximate surface area is 103 Å². The minimum absolute atomic E-state index is 0.194. The van der Waals surface area contributed by atoms with Gasteiger partial charge in [-0.2, -0.15) is 0 Å². The number of aliphatic hydroxyl groups is 1. The molecule has 0 fully saturated rings. The van der Waals surface area contributed by atoms with Gasteiger partial charge in [0.2, 0.25) is 10.0 Å². The van der Waals surface area contributed by atoms with Gasteiger partial charge in [0.1, 0.15) is 0 Å². The number of aliphatic hydroxyl groups excluding tert-OH is 1. The first-order chi connectivity index (χ1) is 7.89. The number of rotatable bonds is 5. The molecular weight excluding hydrogens is 238 g/mol. The van der Waals surface area contributed by atoms with Crippen LogP contribution in [-0.2, 0) is 10.0 Å². The summed E-state index contributed by atoms with van der Waals surface area (Å²) in [6.07, 6.45) is 0.556. The van der Waals surface area contributed by atoms with E-state index in [2.05, 4.69) is 4.72 Å². The Morgan fingerprint density at radius 1 is 1.24 bits per heavy atom. The second kappa shape index (κ2) is 5.62. The molecule has 0 amide bonds. The maximum absolute atomic E-state index is 12.0. The molecule has 0 saturated carbocycles. The molecule has 5 heteroatoms. The van der Waals surface area contributed by atoms with E-state index in [1.165, 1.54) is 0 Å². The van der Waals surface area contributed by atoms with E-state index >= 15 is 0 Å². The van der Waals surface area contributed by atoms with Crippen LogP contribution >= 0.6 is 0 Å². The number of hydrogen-bond acceptors (Lipinski definition) is 3. The summed E-state index contributed by atoms with van der Waals surface area (Å²) in [6, 6.07) is 4.74. The third-order valence-corrected chi connectivity index (χ3v) is 4.04. The Balaban J connectivity index is 3.04. The van der Waals surface area contributed by atoms with Crippen LogP contribution in [0.5, 0.6) is 0 Å². The van der Waals surface area contributed by atoms with Gasteiger partial charge >= 0.3 is 0 Å². The van der Waals surface area contributed by atoms with Gasteiger partial charge in [-0.25, -0.2) is 13.1 Å². The van der Waals surface area contributed by atoms with Gasteiger partial charge in [-0.15, -0.1) is 0 Å². The minimum Gasteiger partial charge on any atom is -0.395 e. The van der Waals surface area contributed by atoms with E-state index in [1.54, 1.807) is 12.1 Å². The fraction of sp³-hybridized carbons (Fsp3) is 0.500. The highest BCUT2D eigenvalue weighted by Crippen LogP contribution is 2.14. The summed E-state index contributed by atoms with van der Waals surface area (Å²) in [4.78, 5) is 0.252. The van der Waals surface area contributed by atoms with Crippen molar-refractivity contribution in [3.05, 3.63) is 29.3 Å². The molecule has 4 nitrogen and oxygen atoms in total. The molecule has 0 saturated heterocycles. The molecule has 96 valence electrons. The fourth-order valence-electron chi connectivity index (χ4n) is 1.63. The molecule has 0 spiro atoms. The number of hydrogen-bond donors (Lipinski definition) is 2. The molecule has 1 aromatic rings. The molecule has 0 radical (unpaired) electrons. The van der Waals surface area contributed by atoms with Gasteiger partial charge in [0, 0.05) is 6.04 Å². The van der Waals surface area contributed by atoms with E-state index in [4.69, 9.17) is 5.11 Å². The van der Waals surface area contributed by atoms with Crippen molar-refractivity contribution in [3.8, 4) is 0 Å². The Bertz CT molecular complexity index is 458. The van der Waals surface area contributed by atoms with Crippen LogP contribution in [0.15, 0.2) is 23.1 Å². The predicted octanol–water partition coefficient (Wildman–Crippen LogP) is 1.35. The van der Waals surface area contributed by atoms with Gasteiger partial charge in [0.05, 0.1) is 11.5 Å². The molecular formula is C12H19NO3S. The van der Waals surface area contributed by atoms with Gasteiger partial charge in [-0.3, -0.25) is 0 Å². The first kappa shape index (κ1) is 14.2. The maximum Gasteiger partial charge on any atom is 0.240 e. The molecule has 17 heavy (non-hydrogen) atoms. The second-order valence-corrected chi connectivity index (χ2v) is 5.95. The molecule has 0 unspecified atom stereocenters. The molecule has 0 heterocycles. The molecule has 1 aromatic carbocycles. The van der Waals surface area contributed by atoms with Crippen molar-refractivity contribution in [3.63, 3.8) is 0 Å². The highest BCUT2D eigenvalue weighted by molar-refractivity contribution is 7.89. The van der Waals surface area contributed by atoms with Crippen LogP contribution in [-0.4, -0.2) is 26.2 Å². The molecule has 0 aliphatic rings. The number of sulfonamides is 1. The highest BCUT2D eigenvalue weighted by Gasteiger charge is 2.18. The van der Waals surface area contributed by atoms with Crippen LogP contribution in [0.1, 0.15) is 24.5 Å². The molecule has 0 aliphatic carbocycles. The smallest absolute Gasteiger partial charge is 0.240 e. The minimum atomic E-state index is -3.54. The molecule has 1 rings (SSSR count). The highest BCUT2D eigenvalue weighted by atomic mass is 32.2. The summed E-state index contributed by atoms with van der Waals surface area (Å²) in [7, 11) is -3.54. The summed E-state index contributed by atoms with van der Waals surface area (Å²) in [6.45, 7) is 5.34. The van der Waals surface area contributed by atoms with Crippen LogP contribution in [0.2, 0.25) is 0 Å². The van der Waals surface area contributed by atoms with Gasteiger partial charge in [-0.1, -0.05) is 13.0 Å². The van der Waals surface area contributed by atoms with Gasteiger partial charge in [0.15, 0.2) is 0 Å². The lowest BCUT2D eigenvalue weighted by Gasteiger charge is -2.15. The zero-order valence-corrected chi connectivity index (χ0v) is 11.2. The molecule has 0 aliphatic heterocycles. The zero-order chi connectivity index (χ0) is 13.1. The lowest BCUT2D eigenvalue weighted by molar-refractivity contribution is 0.254. The Morgan fingerprint density at radius 3 is 2.18 bits per heavy atom. The first-order valence-corrected chi connectivity index (χ1v) is 7.09. The van der Waals surface area contributed by atoms with Crippen molar-refractivity contribution in [2.45, 2.75) is 38.1 Å². The van der Waals surface area contributed by atoms with Gasteiger partial charge in [-0.05, 0) is 43.5 Å². The monoisotopic (exact) mass is 257 g/mol. The Hall–Kier alpha value is -0.910. The van der Waals surface area contributed by atoms with Crippen molar-refractivity contribution in [1.29, 1.82) is 0 Å². The van der Waals surface area contributed by atoms with Crippen LogP contribution in [0, 0.1) is 13.8 Å². The molecule has 0 aromatic heterocycles. The van der Waals surface area contributed by atoms with E-state index in [9.17, 15) is 8.42 Å². The topological polar surface area (TPSA) is 66.4 Å². The lowest BCUT2D eigenvalue weighted by atomic mass is 10.2. The predicted molar refractivity (Wildman–Crippen MR) is 67.4 cm³/mol. The summed E-state index contributed by atoms with van der Waals surface area (Å²) in [5.74, 6) is 0. The summed E-state index contributed by atoms with van der Waals surface area (Å²) >= 11 is 0. The Morgan fingerprint density at radius 2 is 1.76 bits per heavy atom. The van der Waals surface area contributed by atoms with Crippen LogP contribution < -0.4 is 4.72 Å². The van der Waals surface area contributed by atoms with E-state index in [1.807, 2.05) is 26.8 Å². The van der Waals surface area contributed by atoms with Crippen molar-refractivity contribution >= 4 is 10.0 Å². The van der Waals surface area contributed by atoms with Crippen LogP contribution in [0.4, 0.5) is 0 Å². The van der Waals surface area contributed by atoms with E-state index in [0.29, 0.717) is 6.42 Å².